The van der Waals surface area contributed by atoms with Crippen molar-refractivity contribution < 1.29 is 0 Å². The predicted octanol–water partition coefficient (Wildman–Crippen LogP) is 1.84. The van der Waals surface area contributed by atoms with Crippen molar-refractivity contribution in [2.45, 2.75) is 45.4 Å². The first-order valence-electron chi connectivity index (χ1n) is 5.39. The highest BCUT2D eigenvalue weighted by Crippen LogP contribution is 2.23. The lowest BCUT2D eigenvalue weighted by molar-refractivity contribution is 0.431. The average Bonchev–Trinajstić information content (AvgIpc) is 2.21. The standard InChI is InChI=1S/C10H21N3/c1-2-8-12-10(13-11)9-6-4-3-5-7-9/h9H,2-8,11H2,1H3,(H,12,13). The van der Waals surface area contributed by atoms with E-state index in [1.807, 2.05) is 0 Å². The number of rotatable bonds is 3. The van der Waals surface area contributed by atoms with E-state index in [0.29, 0.717) is 5.92 Å². The molecule has 1 fully saturated rings. The Morgan fingerprint density at radius 1 is 1.38 bits per heavy atom. The molecular weight excluding hydrogens is 162 g/mol. The number of nitrogens with one attached hydrogen (secondary N) is 1. The summed E-state index contributed by atoms with van der Waals surface area (Å²) in [5.74, 6) is 7.09. The number of amidine groups is 1. The van der Waals surface area contributed by atoms with Crippen LogP contribution in [0.2, 0.25) is 0 Å². The van der Waals surface area contributed by atoms with E-state index in [-0.39, 0.29) is 0 Å². The van der Waals surface area contributed by atoms with Crippen LogP contribution >= 0.6 is 0 Å². The van der Waals surface area contributed by atoms with Crippen LogP contribution in [0.15, 0.2) is 4.99 Å². The van der Waals surface area contributed by atoms with E-state index < -0.39 is 0 Å². The summed E-state index contributed by atoms with van der Waals surface area (Å²) in [5.41, 5.74) is 2.76. The molecule has 1 aliphatic carbocycles. The minimum Gasteiger partial charge on any atom is -0.312 e. The summed E-state index contributed by atoms with van der Waals surface area (Å²) in [6.45, 7) is 3.04. The fourth-order valence-electron chi connectivity index (χ4n) is 1.90. The number of hydrogen-bond acceptors (Lipinski definition) is 2. The Bertz CT molecular complexity index is 160. The molecule has 3 N–H and O–H groups in total. The average molecular weight is 183 g/mol. The molecule has 76 valence electrons. The van der Waals surface area contributed by atoms with E-state index in [1.165, 1.54) is 32.1 Å². The van der Waals surface area contributed by atoms with Gasteiger partial charge >= 0.3 is 0 Å². The summed E-state index contributed by atoms with van der Waals surface area (Å²) in [6, 6.07) is 0. The normalized spacial score (nSPS) is 20.3. The van der Waals surface area contributed by atoms with Crippen LogP contribution in [0.5, 0.6) is 0 Å². The summed E-state index contributed by atoms with van der Waals surface area (Å²) in [5, 5.41) is 0. The first-order valence-corrected chi connectivity index (χ1v) is 5.39. The van der Waals surface area contributed by atoms with Gasteiger partial charge in [-0.25, -0.2) is 5.84 Å². The highest BCUT2D eigenvalue weighted by molar-refractivity contribution is 5.84. The van der Waals surface area contributed by atoms with Crippen LogP contribution in [-0.2, 0) is 0 Å². The smallest absolute Gasteiger partial charge is 0.113 e. The van der Waals surface area contributed by atoms with Crippen molar-refractivity contribution in [2.75, 3.05) is 6.54 Å². The third-order valence-corrected chi connectivity index (χ3v) is 2.65. The SMILES string of the molecule is CCCN=C(NN)C1CCCCC1. The summed E-state index contributed by atoms with van der Waals surface area (Å²) >= 11 is 0. The first kappa shape index (κ1) is 10.5. The molecule has 0 aromatic heterocycles. The van der Waals surface area contributed by atoms with Crippen molar-refractivity contribution in [3.63, 3.8) is 0 Å². The molecular formula is C10H21N3. The van der Waals surface area contributed by atoms with E-state index in [2.05, 4.69) is 17.3 Å². The van der Waals surface area contributed by atoms with Crippen molar-refractivity contribution in [2.24, 2.45) is 16.8 Å². The summed E-state index contributed by atoms with van der Waals surface area (Å²) in [6.07, 6.45) is 7.65. The molecule has 3 nitrogen and oxygen atoms in total. The highest BCUT2D eigenvalue weighted by Gasteiger charge is 2.17. The molecule has 0 amide bonds. The fourth-order valence-corrected chi connectivity index (χ4v) is 1.90. The van der Waals surface area contributed by atoms with Gasteiger partial charge in [0.15, 0.2) is 0 Å². The summed E-state index contributed by atoms with van der Waals surface area (Å²) in [4.78, 5) is 4.46. The van der Waals surface area contributed by atoms with Crippen LogP contribution in [0, 0.1) is 5.92 Å². The Labute approximate surface area is 80.8 Å². The first-order chi connectivity index (χ1) is 6.38. The zero-order valence-electron chi connectivity index (χ0n) is 8.55. The maximum absolute atomic E-state index is 5.46. The maximum Gasteiger partial charge on any atom is 0.113 e. The molecule has 0 aliphatic heterocycles. The fraction of sp³-hybridized carbons (Fsp3) is 0.900. The van der Waals surface area contributed by atoms with Crippen molar-refractivity contribution in [3.8, 4) is 0 Å². The molecule has 0 saturated heterocycles. The van der Waals surface area contributed by atoms with Gasteiger partial charge in [0.1, 0.15) is 5.84 Å². The molecule has 1 rings (SSSR count). The Balaban J connectivity index is 2.43. The molecule has 3 heteroatoms. The van der Waals surface area contributed by atoms with Crippen LogP contribution < -0.4 is 11.3 Å². The van der Waals surface area contributed by atoms with Gasteiger partial charge in [-0.3, -0.25) is 4.99 Å². The number of nitrogens with zero attached hydrogens (tertiary/aromatic N) is 1. The molecule has 13 heavy (non-hydrogen) atoms. The van der Waals surface area contributed by atoms with Gasteiger partial charge in [0.25, 0.3) is 0 Å². The second-order valence-corrected chi connectivity index (χ2v) is 3.75. The largest absolute Gasteiger partial charge is 0.312 e. The van der Waals surface area contributed by atoms with Gasteiger partial charge in [-0.15, -0.1) is 0 Å². The molecule has 0 heterocycles. The molecule has 0 radical (unpaired) electrons. The van der Waals surface area contributed by atoms with Gasteiger partial charge in [-0.1, -0.05) is 26.2 Å². The van der Waals surface area contributed by atoms with E-state index in [1.54, 1.807) is 0 Å². The zero-order chi connectivity index (χ0) is 9.52. The Hall–Kier alpha value is -0.570. The monoisotopic (exact) mass is 183 g/mol. The molecule has 1 saturated carbocycles. The van der Waals surface area contributed by atoms with Crippen molar-refractivity contribution in [3.05, 3.63) is 0 Å². The topological polar surface area (TPSA) is 50.4 Å². The molecule has 0 aromatic rings. The molecule has 1 aliphatic rings. The molecule has 0 atom stereocenters. The van der Waals surface area contributed by atoms with Gasteiger partial charge in [0, 0.05) is 12.5 Å². The van der Waals surface area contributed by atoms with E-state index in [4.69, 9.17) is 5.84 Å². The van der Waals surface area contributed by atoms with Crippen LogP contribution in [0.3, 0.4) is 0 Å². The molecule has 0 aromatic carbocycles. The number of nitrogens with two attached hydrogens (primary N) is 1. The summed E-state index contributed by atoms with van der Waals surface area (Å²) in [7, 11) is 0. The van der Waals surface area contributed by atoms with Crippen LogP contribution in [0.1, 0.15) is 45.4 Å². The Kier molecular flexibility index (Phi) is 4.83. The van der Waals surface area contributed by atoms with E-state index in [9.17, 15) is 0 Å². The number of hydrazine groups is 1. The maximum atomic E-state index is 5.46. The lowest BCUT2D eigenvalue weighted by Gasteiger charge is -2.22. The number of aliphatic imine (C=N–C) groups is 1. The molecule has 0 spiro atoms. The quantitative estimate of drug-likeness (QED) is 0.303. The van der Waals surface area contributed by atoms with Gasteiger partial charge in [-0.2, -0.15) is 0 Å². The van der Waals surface area contributed by atoms with Crippen LogP contribution in [-0.4, -0.2) is 12.4 Å². The zero-order valence-corrected chi connectivity index (χ0v) is 8.55. The second kappa shape index (κ2) is 5.97. The third kappa shape index (κ3) is 3.35. The minimum absolute atomic E-state index is 0.602. The summed E-state index contributed by atoms with van der Waals surface area (Å²) < 4.78 is 0. The van der Waals surface area contributed by atoms with Gasteiger partial charge in [0.05, 0.1) is 0 Å². The van der Waals surface area contributed by atoms with E-state index >= 15 is 0 Å². The molecule has 0 unspecified atom stereocenters. The highest BCUT2D eigenvalue weighted by atomic mass is 15.3. The van der Waals surface area contributed by atoms with Crippen molar-refractivity contribution >= 4 is 5.84 Å². The van der Waals surface area contributed by atoms with Crippen molar-refractivity contribution in [1.82, 2.24) is 5.43 Å². The Morgan fingerprint density at radius 2 is 2.08 bits per heavy atom. The van der Waals surface area contributed by atoms with Crippen LogP contribution in [0.4, 0.5) is 0 Å². The predicted molar refractivity (Wildman–Crippen MR) is 56.5 cm³/mol. The minimum atomic E-state index is 0.602. The Morgan fingerprint density at radius 3 is 2.62 bits per heavy atom. The van der Waals surface area contributed by atoms with Gasteiger partial charge in [-0.05, 0) is 19.3 Å². The van der Waals surface area contributed by atoms with Crippen LogP contribution in [0.25, 0.3) is 0 Å². The second-order valence-electron chi connectivity index (χ2n) is 3.75. The van der Waals surface area contributed by atoms with Gasteiger partial charge < -0.3 is 5.43 Å². The van der Waals surface area contributed by atoms with Crippen molar-refractivity contribution in [1.29, 1.82) is 0 Å². The third-order valence-electron chi connectivity index (χ3n) is 2.65. The van der Waals surface area contributed by atoms with Gasteiger partial charge in [0.2, 0.25) is 0 Å². The lowest BCUT2D eigenvalue weighted by atomic mass is 9.88. The molecule has 0 bridgehead atoms. The van der Waals surface area contributed by atoms with E-state index in [0.717, 1.165) is 18.8 Å². The lowest BCUT2D eigenvalue weighted by Crippen LogP contribution is -2.37. The number of hydrogen-bond donors (Lipinski definition) is 2.